The molecule has 1 rings (SSSR count). The number of hydrogen-bond acceptors (Lipinski definition) is 5. The molecule has 0 amide bonds. The first-order valence-electron chi connectivity index (χ1n) is 4.51. The first-order valence-corrected chi connectivity index (χ1v) is 4.51. The highest BCUT2D eigenvalue weighted by atomic mass is 16.5. The normalized spacial score (nSPS) is 11.7. The summed E-state index contributed by atoms with van der Waals surface area (Å²) in [5, 5.41) is 19.6. The highest BCUT2D eigenvalue weighted by Crippen LogP contribution is 2.20. The SMILES string of the molecule is COC(C)(C)c1nnnn1CCC(=O)O. The first kappa shape index (κ1) is 11.6. The van der Waals surface area contributed by atoms with Crippen LogP contribution in [0.15, 0.2) is 0 Å². The minimum absolute atomic E-state index is 0.0160. The predicted molar refractivity (Wildman–Crippen MR) is 50.1 cm³/mol. The van der Waals surface area contributed by atoms with Crippen LogP contribution in [-0.4, -0.2) is 38.4 Å². The quantitative estimate of drug-likeness (QED) is 0.743. The summed E-state index contributed by atoms with van der Waals surface area (Å²) >= 11 is 0. The average molecular weight is 214 g/mol. The molecule has 84 valence electrons. The third kappa shape index (κ3) is 2.72. The van der Waals surface area contributed by atoms with E-state index in [-0.39, 0.29) is 13.0 Å². The van der Waals surface area contributed by atoms with Crippen LogP contribution in [0.2, 0.25) is 0 Å². The van der Waals surface area contributed by atoms with Gasteiger partial charge in [0.2, 0.25) is 0 Å². The molecule has 7 heteroatoms. The Bertz CT molecular complexity index is 347. The van der Waals surface area contributed by atoms with Crippen molar-refractivity contribution in [2.75, 3.05) is 7.11 Å². The lowest BCUT2D eigenvalue weighted by molar-refractivity contribution is -0.137. The van der Waals surface area contributed by atoms with E-state index in [9.17, 15) is 4.79 Å². The largest absolute Gasteiger partial charge is 0.481 e. The topological polar surface area (TPSA) is 90.1 Å². The van der Waals surface area contributed by atoms with Crippen LogP contribution in [0.4, 0.5) is 0 Å². The molecule has 0 fully saturated rings. The number of ether oxygens (including phenoxy) is 1. The molecular weight excluding hydrogens is 200 g/mol. The number of carbonyl (C=O) groups is 1. The van der Waals surface area contributed by atoms with Crippen LogP contribution in [0, 0.1) is 0 Å². The average Bonchev–Trinajstić information content (AvgIpc) is 2.63. The molecule has 0 saturated heterocycles. The van der Waals surface area contributed by atoms with E-state index in [1.54, 1.807) is 7.11 Å². The van der Waals surface area contributed by atoms with Gasteiger partial charge in [0, 0.05) is 7.11 Å². The zero-order valence-electron chi connectivity index (χ0n) is 8.97. The van der Waals surface area contributed by atoms with Crippen molar-refractivity contribution >= 4 is 5.97 Å². The van der Waals surface area contributed by atoms with Crippen LogP contribution in [0.25, 0.3) is 0 Å². The molecule has 0 aliphatic rings. The van der Waals surface area contributed by atoms with Crippen molar-refractivity contribution in [2.45, 2.75) is 32.4 Å². The van der Waals surface area contributed by atoms with E-state index < -0.39 is 11.6 Å². The van der Waals surface area contributed by atoms with Gasteiger partial charge in [-0.15, -0.1) is 5.10 Å². The van der Waals surface area contributed by atoms with Gasteiger partial charge in [-0.1, -0.05) is 0 Å². The number of hydrogen-bond donors (Lipinski definition) is 1. The van der Waals surface area contributed by atoms with Crippen LogP contribution >= 0.6 is 0 Å². The van der Waals surface area contributed by atoms with Crippen molar-refractivity contribution in [1.29, 1.82) is 0 Å². The molecule has 1 N–H and O–H groups in total. The second-order valence-electron chi connectivity index (χ2n) is 3.58. The molecule has 0 bridgehead atoms. The van der Waals surface area contributed by atoms with E-state index in [0.717, 1.165) is 0 Å². The summed E-state index contributed by atoms with van der Waals surface area (Å²) in [6.45, 7) is 3.87. The van der Waals surface area contributed by atoms with Gasteiger partial charge in [-0.2, -0.15) is 0 Å². The molecule has 0 saturated carbocycles. The second kappa shape index (κ2) is 4.35. The Balaban J connectivity index is 2.82. The molecule has 1 aromatic rings. The molecule has 7 nitrogen and oxygen atoms in total. The summed E-state index contributed by atoms with van der Waals surface area (Å²) in [6.07, 6.45) is -0.0160. The summed E-state index contributed by atoms with van der Waals surface area (Å²) in [5.74, 6) is -0.363. The summed E-state index contributed by atoms with van der Waals surface area (Å²) in [7, 11) is 1.55. The molecule has 0 aliphatic heterocycles. The van der Waals surface area contributed by atoms with Gasteiger partial charge in [0.05, 0.1) is 13.0 Å². The Morgan fingerprint density at radius 1 is 1.60 bits per heavy atom. The lowest BCUT2D eigenvalue weighted by Crippen LogP contribution is -2.26. The maximum absolute atomic E-state index is 10.4. The second-order valence-corrected chi connectivity index (χ2v) is 3.58. The monoisotopic (exact) mass is 214 g/mol. The fourth-order valence-electron chi connectivity index (χ4n) is 1.08. The van der Waals surface area contributed by atoms with Crippen molar-refractivity contribution in [1.82, 2.24) is 20.2 Å². The fourth-order valence-corrected chi connectivity index (χ4v) is 1.08. The third-order valence-electron chi connectivity index (χ3n) is 2.12. The zero-order chi connectivity index (χ0) is 11.5. The number of tetrazole rings is 1. The number of rotatable bonds is 5. The molecule has 15 heavy (non-hydrogen) atoms. The van der Waals surface area contributed by atoms with Gasteiger partial charge >= 0.3 is 5.97 Å². The smallest absolute Gasteiger partial charge is 0.305 e. The van der Waals surface area contributed by atoms with Crippen LogP contribution < -0.4 is 0 Å². The number of aliphatic carboxylic acids is 1. The van der Waals surface area contributed by atoms with Crippen molar-refractivity contribution in [3.8, 4) is 0 Å². The standard InChI is InChI=1S/C8H14N4O3/c1-8(2,15-3)7-9-10-11-12(7)5-4-6(13)14/h4-5H2,1-3H3,(H,13,14). The fraction of sp³-hybridized carbons (Fsp3) is 0.750. The number of nitrogens with zero attached hydrogens (tertiary/aromatic N) is 4. The van der Waals surface area contributed by atoms with Crippen molar-refractivity contribution in [3.63, 3.8) is 0 Å². The highest BCUT2D eigenvalue weighted by molar-refractivity contribution is 5.66. The predicted octanol–water partition coefficient (Wildman–Crippen LogP) is 0.0293. The van der Waals surface area contributed by atoms with E-state index in [4.69, 9.17) is 9.84 Å². The van der Waals surface area contributed by atoms with Crippen LogP contribution in [0.5, 0.6) is 0 Å². The molecule has 0 radical (unpaired) electrons. The van der Waals surface area contributed by atoms with Gasteiger partial charge in [-0.25, -0.2) is 4.68 Å². The Morgan fingerprint density at radius 2 is 2.27 bits per heavy atom. The van der Waals surface area contributed by atoms with E-state index in [0.29, 0.717) is 5.82 Å². The van der Waals surface area contributed by atoms with Crippen LogP contribution in [0.1, 0.15) is 26.1 Å². The van der Waals surface area contributed by atoms with E-state index in [1.165, 1.54) is 4.68 Å². The summed E-state index contributed by atoms with van der Waals surface area (Å²) < 4.78 is 6.66. The first-order chi connectivity index (χ1) is 6.97. The van der Waals surface area contributed by atoms with E-state index in [2.05, 4.69) is 15.5 Å². The van der Waals surface area contributed by atoms with Gasteiger partial charge in [0.25, 0.3) is 0 Å². The maximum Gasteiger partial charge on any atom is 0.305 e. The number of aromatic nitrogens is 4. The number of aryl methyl sites for hydroxylation is 1. The summed E-state index contributed by atoms with van der Waals surface area (Å²) in [6, 6.07) is 0. The Kier molecular flexibility index (Phi) is 3.35. The summed E-state index contributed by atoms with van der Waals surface area (Å²) in [5.41, 5.74) is -0.623. The van der Waals surface area contributed by atoms with Crippen molar-refractivity contribution in [3.05, 3.63) is 5.82 Å². The number of carboxylic acid groups (broad SMARTS) is 1. The zero-order valence-corrected chi connectivity index (χ0v) is 8.97. The van der Waals surface area contributed by atoms with Crippen LogP contribution in [0.3, 0.4) is 0 Å². The van der Waals surface area contributed by atoms with E-state index in [1.807, 2.05) is 13.8 Å². The molecule has 0 atom stereocenters. The lowest BCUT2D eigenvalue weighted by atomic mass is 10.1. The van der Waals surface area contributed by atoms with Gasteiger partial charge in [-0.05, 0) is 24.3 Å². The Labute approximate surface area is 87.0 Å². The Morgan fingerprint density at radius 3 is 2.80 bits per heavy atom. The van der Waals surface area contributed by atoms with Crippen molar-refractivity contribution in [2.24, 2.45) is 0 Å². The van der Waals surface area contributed by atoms with E-state index >= 15 is 0 Å². The lowest BCUT2D eigenvalue weighted by Gasteiger charge is -2.21. The van der Waals surface area contributed by atoms with Crippen molar-refractivity contribution < 1.29 is 14.6 Å². The molecule has 0 unspecified atom stereocenters. The summed E-state index contributed by atoms with van der Waals surface area (Å²) in [4.78, 5) is 10.4. The number of carboxylic acids is 1. The van der Waals surface area contributed by atoms with Gasteiger partial charge in [-0.3, -0.25) is 4.79 Å². The molecule has 1 aromatic heterocycles. The third-order valence-corrected chi connectivity index (χ3v) is 2.12. The Hall–Kier alpha value is -1.50. The van der Waals surface area contributed by atoms with Gasteiger partial charge in [0.1, 0.15) is 5.60 Å². The van der Waals surface area contributed by atoms with Crippen LogP contribution in [-0.2, 0) is 21.7 Å². The highest BCUT2D eigenvalue weighted by Gasteiger charge is 2.27. The minimum Gasteiger partial charge on any atom is -0.481 e. The molecule has 0 spiro atoms. The maximum atomic E-state index is 10.4. The molecular formula is C8H14N4O3. The molecule has 0 aliphatic carbocycles. The molecule has 1 heterocycles. The molecule has 0 aromatic carbocycles. The van der Waals surface area contributed by atoms with Gasteiger partial charge in [0.15, 0.2) is 5.82 Å². The minimum atomic E-state index is -0.883. The van der Waals surface area contributed by atoms with Gasteiger partial charge < -0.3 is 9.84 Å². The number of methoxy groups -OCH3 is 1.